The van der Waals surface area contributed by atoms with Crippen molar-refractivity contribution in [3.05, 3.63) is 75.6 Å². The smallest absolute Gasteiger partial charge is 0.335 e. The van der Waals surface area contributed by atoms with Gasteiger partial charge in [0, 0.05) is 18.0 Å². The number of carboxylic acid groups (broad SMARTS) is 1. The van der Waals surface area contributed by atoms with Gasteiger partial charge in [-0.25, -0.2) is 4.79 Å². The minimum atomic E-state index is -0.953. The predicted octanol–water partition coefficient (Wildman–Crippen LogP) is 1.80. The zero-order chi connectivity index (χ0) is 19.4. The van der Waals surface area contributed by atoms with E-state index in [0.717, 1.165) is 5.56 Å². The summed E-state index contributed by atoms with van der Waals surface area (Å²) >= 11 is 0. The SMILES string of the molecule is O=C(O)c1ccc(CCNCC(O)c2ccc(O)c3[nH]c(=O)ccc23)cc1. The third kappa shape index (κ3) is 4.33. The highest BCUT2D eigenvalue weighted by molar-refractivity contribution is 5.88. The van der Waals surface area contributed by atoms with Gasteiger partial charge in [0.2, 0.25) is 5.56 Å². The first kappa shape index (κ1) is 18.6. The molecule has 0 bridgehead atoms. The fourth-order valence-electron chi connectivity index (χ4n) is 2.94. The molecular weight excluding hydrogens is 348 g/mol. The summed E-state index contributed by atoms with van der Waals surface area (Å²) in [5, 5.41) is 33.0. The molecule has 140 valence electrons. The highest BCUT2D eigenvalue weighted by Gasteiger charge is 2.13. The van der Waals surface area contributed by atoms with Crippen LogP contribution >= 0.6 is 0 Å². The largest absolute Gasteiger partial charge is 0.506 e. The Labute approximate surface area is 154 Å². The van der Waals surface area contributed by atoms with Gasteiger partial charge >= 0.3 is 5.97 Å². The Morgan fingerprint density at radius 1 is 1.07 bits per heavy atom. The summed E-state index contributed by atoms with van der Waals surface area (Å²) in [6.07, 6.45) is -0.121. The standard InChI is InChI=1S/C20H20N2O5/c23-16-7-5-14(15-6-8-18(25)22-19(15)16)17(24)11-21-10-9-12-1-3-13(4-2-12)20(26)27/h1-8,17,21,23-24H,9-11H2,(H,22,25)(H,26,27). The number of benzene rings is 2. The highest BCUT2D eigenvalue weighted by atomic mass is 16.4. The maximum Gasteiger partial charge on any atom is 0.335 e. The fraction of sp³-hybridized carbons (Fsp3) is 0.200. The van der Waals surface area contributed by atoms with Crippen LogP contribution in [0.4, 0.5) is 0 Å². The lowest BCUT2D eigenvalue weighted by molar-refractivity contribution is 0.0697. The topological polar surface area (TPSA) is 123 Å². The molecule has 2 aromatic carbocycles. The second-order valence-corrected chi connectivity index (χ2v) is 6.26. The van der Waals surface area contributed by atoms with Crippen molar-refractivity contribution in [2.24, 2.45) is 0 Å². The molecule has 0 aliphatic rings. The molecule has 27 heavy (non-hydrogen) atoms. The van der Waals surface area contributed by atoms with Crippen molar-refractivity contribution in [3.8, 4) is 5.75 Å². The molecule has 1 heterocycles. The van der Waals surface area contributed by atoms with Crippen LogP contribution < -0.4 is 10.9 Å². The summed E-state index contributed by atoms with van der Waals surface area (Å²) in [5.74, 6) is -0.998. The Balaban J connectivity index is 1.60. The van der Waals surface area contributed by atoms with Gasteiger partial charge in [0.25, 0.3) is 0 Å². The number of aromatic carboxylic acids is 1. The lowest BCUT2D eigenvalue weighted by Crippen LogP contribution is -2.24. The summed E-state index contributed by atoms with van der Waals surface area (Å²) in [4.78, 5) is 24.9. The Bertz CT molecular complexity index is 1010. The Morgan fingerprint density at radius 3 is 2.52 bits per heavy atom. The number of aromatic nitrogens is 1. The Hall–Kier alpha value is -3.16. The number of H-pyrrole nitrogens is 1. The van der Waals surface area contributed by atoms with E-state index in [1.54, 1.807) is 36.4 Å². The van der Waals surface area contributed by atoms with Gasteiger partial charge in [-0.3, -0.25) is 4.79 Å². The van der Waals surface area contributed by atoms with Crippen LogP contribution in [-0.4, -0.2) is 39.4 Å². The van der Waals surface area contributed by atoms with Crippen molar-refractivity contribution in [2.75, 3.05) is 13.1 Å². The summed E-state index contributed by atoms with van der Waals surface area (Å²) in [7, 11) is 0. The number of carbonyl (C=O) groups is 1. The van der Waals surface area contributed by atoms with E-state index in [9.17, 15) is 19.8 Å². The average molecular weight is 368 g/mol. The number of aliphatic hydroxyl groups is 1. The molecule has 0 fully saturated rings. The van der Waals surface area contributed by atoms with Crippen LogP contribution in [0.15, 0.2) is 53.3 Å². The second-order valence-electron chi connectivity index (χ2n) is 6.26. The number of aromatic hydroxyl groups is 1. The van der Waals surface area contributed by atoms with E-state index < -0.39 is 12.1 Å². The molecular formula is C20H20N2O5. The molecule has 0 saturated carbocycles. The number of hydrogen-bond acceptors (Lipinski definition) is 5. The molecule has 3 aromatic rings. The number of nitrogens with one attached hydrogen (secondary N) is 2. The molecule has 0 aliphatic heterocycles. The summed E-state index contributed by atoms with van der Waals surface area (Å²) in [6, 6.07) is 12.7. The van der Waals surface area contributed by atoms with Crippen molar-refractivity contribution in [1.82, 2.24) is 10.3 Å². The van der Waals surface area contributed by atoms with E-state index >= 15 is 0 Å². The normalized spacial score (nSPS) is 12.2. The fourth-order valence-corrected chi connectivity index (χ4v) is 2.94. The number of fused-ring (bicyclic) bond motifs is 1. The van der Waals surface area contributed by atoms with E-state index in [-0.39, 0.29) is 16.9 Å². The zero-order valence-corrected chi connectivity index (χ0v) is 14.5. The summed E-state index contributed by atoms with van der Waals surface area (Å²) in [5.41, 5.74) is 1.83. The molecule has 0 radical (unpaired) electrons. The van der Waals surface area contributed by atoms with Crippen LogP contribution in [-0.2, 0) is 6.42 Å². The number of rotatable bonds is 7. The first-order valence-corrected chi connectivity index (χ1v) is 8.51. The minimum absolute atomic E-state index is 0.0450. The van der Waals surface area contributed by atoms with Gasteiger partial charge in [-0.15, -0.1) is 0 Å². The van der Waals surface area contributed by atoms with Crippen molar-refractivity contribution in [3.63, 3.8) is 0 Å². The van der Waals surface area contributed by atoms with E-state index in [0.29, 0.717) is 36.0 Å². The van der Waals surface area contributed by atoms with Crippen LogP contribution in [0.1, 0.15) is 27.6 Å². The van der Waals surface area contributed by atoms with Gasteiger partial charge in [0.1, 0.15) is 5.75 Å². The summed E-state index contributed by atoms with van der Waals surface area (Å²) < 4.78 is 0. The van der Waals surface area contributed by atoms with E-state index in [2.05, 4.69) is 10.3 Å². The molecule has 0 saturated heterocycles. The van der Waals surface area contributed by atoms with Gasteiger partial charge < -0.3 is 25.6 Å². The quantitative estimate of drug-likeness (QED) is 0.405. The Morgan fingerprint density at radius 2 is 1.81 bits per heavy atom. The van der Waals surface area contributed by atoms with Crippen LogP contribution in [0.25, 0.3) is 10.9 Å². The number of hydrogen-bond donors (Lipinski definition) is 5. The van der Waals surface area contributed by atoms with Crippen LogP contribution in [0.3, 0.4) is 0 Å². The van der Waals surface area contributed by atoms with Crippen LogP contribution in [0.2, 0.25) is 0 Å². The first-order valence-electron chi connectivity index (χ1n) is 8.51. The zero-order valence-electron chi connectivity index (χ0n) is 14.5. The lowest BCUT2D eigenvalue weighted by Gasteiger charge is -2.15. The molecule has 1 aromatic heterocycles. The summed E-state index contributed by atoms with van der Waals surface area (Å²) in [6.45, 7) is 0.905. The molecule has 3 rings (SSSR count). The second kappa shape index (κ2) is 8.03. The monoisotopic (exact) mass is 368 g/mol. The van der Waals surface area contributed by atoms with Crippen molar-refractivity contribution < 1.29 is 20.1 Å². The number of aliphatic hydroxyl groups excluding tert-OH is 1. The molecule has 7 heteroatoms. The number of phenolic OH excluding ortho intramolecular Hbond substituents is 1. The highest BCUT2D eigenvalue weighted by Crippen LogP contribution is 2.28. The molecule has 0 spiro atoms. The molecule has 0 aliphatic carbocycles. The van der Waals surface area contributed by atoms with Gasteiger partial charge in [-0.1, -0.05) is 18.2 Å². The molecule has 7 nitrogen and oxygen atoms in total. The van der Waals surface area contributed by atoms with Gasteiger partial charge in [-0.05, 0) is 48.4 Å². The van der Waals surface area contributed by atoms with Crippen molar-refractivity contribution in [1.29, 1.82) is 0 Å². The van der Waals surface area contributed by atoms with E-state index in [4.69, 9.17) is 5.11 Å². The maximum atomic E-state index is 11.4. The van der Waals surface area contributed by atoms with E-state index in [1.165, 1.54) is 12.1 Å². The number of phenols is 1. The number of pyridine rings is 1. The molecule has 0 amide bonds. The van der Waals surface area contributed by atoms with Crippen LogP contribution in [0, 0.1) is 0 Å². The van der Waals surface area contributed by atoms with Crippen molar-refractivity contribution in [2.45, 2.75) is 12.5 Å². The third-order valence-electron chi connectivity index (χ3n) is 4.39. The van der Waals surface area contributed by atoms with Gasteiger partial charge in [0.15, 0.2) is 0 Å². The van der Waals surface area contributed by atoms with Gasteiger partial charge in [0.05, 0.1) is 17.2 Å². The van der Waals surface area contributed by atoms with Gasteiger partial charge in [-0.2, -0.15) is 0 Å². The average Bonchev–Trinajstić information content (AvgIpc) is 2.66. The lowest BCUT2D eigenvalue weighted by atomic mass is 10.0. The van der Waals surface area contributed by atoms with Crippen LogP contribution in [0.5, 0.6) is 5.75 Å². The number of carboxylic acids is 1. The Kier molecular flexibility index (Phi) is 5.54. The third-order valence-corrected chi connectivity index (χ3v) is 4.39. The van der Waals surface area contributed by atoms with E-state index in [1.807, 2.05) is 0 Å². The minimum Gasteiger partial charge on any atom is -0.506 e. The molecule has 5 N–H and O–H groups in total. The predicted molar refractivity (Wildman–Crippen MR) is 101 cm³/mol. The first-order chi connectivity index (χ1) is 13.0. The molecule has 1 unspecified atom stereocenters. The number of aromatic amines is 1. The van der Waals surface area contributed by atoms with Crippen molar-refractivity contribution >= 4 is 16.9 Å². The molecule has 1 atom stereocenters. The maximum absolute atomic E-state index is 11.4.